The van der Waals surface area contributed by atoms with Gasteiger partial charge >= 0.3 is 0 Å². The summed E-state index contributed by atoms with van der Waals surface area (Å²) in [6.07, 6.45) is 1.33. The highest BCUT2D eigenvalue weighted by atomic mass is 79.9. The van der Waals surface area contributed by atoms with Crippen LogP contribution in [0.4, 0.5) is 5.69 Å². The van der Waals surface area contributed by atoms with Crippen molar-refractivity contribution < 1.29 is 18.9 Å². The molecule has 0 bridgehead atoms. The molecule has 0 aliphatic rings. The molecule has 0 spiro atoms. The third-order valence-corrected chi connectivity index (χ3v) is 5.63. The summed E-state index contributed by atoms with van der Waals surface area (Å²) in [5.41, 5.74) is 4.52. The average molecular weight is 527 g/mol. The van der Waals surface area contributed by atoms with Crippen LogP contribution in [0.1, 0.15) is 35.5 Å². The van der Waals surface area contributed by atoms with Crippen molar-refractivity contribution in [2.75, 3.05) is 0 Å². The van der Waals surface area contributed by atoms with E-state index in [1.807, 2.05) is 32.9 Å². The maximum atomic E-state index is 12.6. The summed E-state index contributed by atoms with van der Waals surface area (Å²) in [6, 6.07) is 14.0. The number of halogens is 1. The lowest BCUT2D eigenvalue weighted by molar-refractivity contribution is -0.384. The van der Waals surface area contributed by atoms with Gasteiger partial charge in [-0.15, -0.1) is 0 Å². The second-order valence-corrected chi connectivity index (χ2v) is 8.77. The standard InChI is InChI=1S/C24H23BrN4O5/c1-14(2)22(27-23(30)16-6-4-15(3)5-7-16)24(31)28-26-13-18-9-11-21(34-18)19-10-8-17(29(32)33)12-20(19)25/h4-14,22H,1-3H3,(H,27,30)(H,28,31)/b26-13+. The van der Waals surface area contributed by atoms with Gasteiger partial charge in [-0.2, -0.15) is 5.10 Å². The molecule has 2 N–H and O–H groups in total. The number of aryl methyl sites for hydroxylation is 1. The molecular formula is C24H23BrN4O5. The normalized spacial score (nSPS) is 12.0. The zero-order valence-corrected chi connectivity index (χ0v) is 20.3. The second kappa shape index (κ2) is 10.9. The lowest BCUT2D eigenvalue weighted by Gasteiger charge is -2.20. The number of rotatable bonds is 8. The van der Waals surface area contributed by atoms with Crippen LogP contribution in [-0.2, 0) is 4.79 Å². The van der Waals surface area contributed by atoms with E-state index >= 15 is 0 Å². The highest BCUT2D eigenvalue weighted by molar-refractivity contribution is 9.10. The molecule has 0 aliphatic heterocycles. The number of nitrogens with one attached hydrogen (secondary N) is 2. The quantitative estimate of drug-likeness (QED) is 0.247. The second-order valence-electron chi connectivity index (χ2n) is 7.92. The van der Waals surface area contributed by atoms with Gasteiger partial charge in [-0.25, -0.2) is 5.43 Å². The van der Waals surface area contributed by atoms with E-state index in [2.05, 4.69) is 31.8 Å². The number of hydrogen-bond acceptors (Lipinski definition) is 6. The first-order valence-corrected chi connectivity index (χ1v) is 11.2. The molecule has 1 unspecified atom stereocenters. The van der Waals surface area contributed by atoms with E-state index < -0.39 is 16.9 Å². The van der Waals surface area contributed by atoms with E-state index in [0.717, 1.165) is 5.56 Å². The van der Waals surface area contributed by atoms with Gasteiger partial charge in [0.05, 0.1) is 11.1 Å². The summed E-state index contributed by atoms with van der Waals surface area (Å²) in [5, 5.41) is 17.6. The number of nitro benzene ring substituents is 1. The van der Waals surface area contributed by atoms with Crippen LogP contribution >= 0.6 is 15.9 Å². The van der Waals surface area contributed by atoms with Gasteiger partial charge in [0, 0.05) is 27.7 Å². The molecular weight excluding hydrogens is 504 g/mol. The van der Waals surface area contributed by atoms with Gasteiger partial charge in [-0.3, -0.25) is 19.7 Å². The van der Waals surface area contributed by atoms with Gasteiger partial charge in [0.2, 0.25) is 0 Å². The van der Waals surface area contributed by atoms with Crippen LogP contribution in [0, 0.1) is 23.0 Å². The summed E-state index contributed by atoms with van der Waals surface area (Å²) in [4.78, 5) is 35.5. The van der Waals surface area contributed by atoms with Gasteiger partial charge in [0.1, 0.15) is 17.6 Å². The molecule has 0 aliphatic carbocycles. The number of hydrazone groups is 1. The Bertz CT molecular complexity index is 1230. The molecule has 0 saturated carbocycles. The Hall–Kier alpha value is -3.79. The van der Waals surface area contributed by atoms with Crippen molar-refractivity contribution in [3.05, 3.63) is 86.1 Å². The smallest absolute Gasteiger partial charge is 0.270 e. The highest BCUT2D eigenvalue weighted by Crippen LogP contribution is 2.32. The number of furan rings is 1. The van der Waals surface area contributed by atoms with Crippen molar-refractivity contribution in [1.82, 2.24) is 10.7 Å². The van der Waals surface area contributed by atoms with Crippen molar-refractivity contribution in [2.24, 2.45) is 11.0 Å². The Labute approximate surface area is 204 Å². The molecule has 3 rings (SSSR count). The summed E-state index contributed by atoms with van der Waals surface area (Å²) in [7, 11) is 0. The molecule has 9 nitrogen and oxygen atoms in total. The monoisotopic (exact) mass is 526 g/mol. The van der Waals surface area contributed by atoms with E-state index in [0.29, 0.717) is 27.1 Å². The number of non-ortho nitro benzene ring substituents is 1. The molecule has 34 heavy (non-hydrogen) atoms. The fraction of sp³-hybridized carbons (Fsp3) is 0.208. The van der Waals surface area contributed by atoms with Gasteiger partial charge in [-0.1, -0.05) is 31.5 Å². The minimum absolute atomic E-state index is 0.0409. The largest absolute Gasteiger partial charge is 0.455 e. The van der Waals surface area contributed by atoms with Crippen molar-refractivity contribution >= 4 is 39.6 Å². The minimum Gasteiger partial charge on any atom is -0.455 e. The predicted octanol–water partition coefficient (Wildman–Crippen LogP) is 4.83. The molecule has 0 radical (unpaired) electrons. The Morgan fingerprint density at radius 1 is 1.12 bits per heavy atom. The lowest BCUT2D eigenvalue weighted by atomic mass is 10.0. The van der Waals surface area contributed by atoms with E-state index in [1.54, 1.807) is 30.3 Å². The first kappa shape index (κ1) is 24.8. The van der Waals surface area contributed by atoms with Crippen LogP contribution < -0.4 is 10.7 Å². The fourth-order valence-corrected chi connectivity index (χ4v) is 3.64. The minimum atomic E-state index is -0.783. The lowest BCUT2D eigenvalue weighted by Crippen LogP contribution is -2.48. The number of amides is 2. The zero-order valence-electron chi connectivity index (χ0n) is 18.7. The topological polar surface area (TPSA) is 127 Å². The molecule has 176 valence electrons. The summed E-state index contributed by atoms with van der Waals surface area (Å²) in [6.45, 7) is 5.57. The Balaban J connectivity index is 1.64. The van der Waals surface area contributed by atoms with E-state index in [4.69, 9.17) is 4.42 Å². The summed E-state index contributed by atoms with van der Waals surface area (Å²) < 4.78 is 6.21. The summed E-state index contributed by atoms with van der Waals surface area (Å²) >= 11 is 3.31. The molecule has 2 amide bonds. The van der Waals surface area contributed by atoms with Crippen LogP contribution in [0.25, 0.3) is 11.3 Å². The number of carbonyl (C=O) groups excluding carboxylic acids is 2. The maximum absolute atomic E-state index is 12.6. The Morgan fingerprint density at radius 2 is 1.82 bits per heavy atom. The first-order valence-electron chi connectivity index (χ1n) is 10.4. The van der Waals surface area contributed by atoms with E-state index in [1.165, 1.54) is 18.3 Å². The third kappa shape index (κ3) is 6.16. The Kier molecular flexibility index (Phi) is 7.95. The van der Waals surface area contributed by atoms with Crippen molar-refractivity contribution in [3.8, 4) is 11.3 Å². The zero-order chi connectivity index (χ0) is 24.8. The predicted molar refractivity (Wildman–Crippen MR) is 132 cm³/mol. The van der Waals surface area contributed by atoms with Crippen LogP contribution in [0.15, 0.2) is 68.6 Å². The first-order chi connectivity index (χ1) is 16.2. The SMILES string of the molecule is Cc1ccc(C(=O)NC(C(=O)N/N=C/c2ccc(-c3ccc([N+](=O)[O-])cc3Br)o2)C(C)C)cc1. The number of carbonyl (C=O) groups is 2. The molecule has 0 fully saturated rings. The molecule has 1 heterocycles. The van der Waals surface area contributed by atoms with Gasteiger partial charge in [-0.05, 0) is 59.1 Å². The number of nitro groups is 1. The molecule has 1 atom stereocenters. The van der Waals surface area contributed by atoms with Gasteiger partial charge < -0.3 is 9.73 Å². The van der Waals surface area contributed by atoms with Crippen LogP contribution in [0.2, 0.25) is 0 Å². The fourth-order valence-electron chi connectivity index (χ4n) is 3.08. The highest BCUT2D eigenvalue weighted by Gasteiger charge is 2.24. The number of hydrogen-bond donors (Lipinski definition) is 2. The van der Waals surface area contributed by atoms with Crippen LogP contribution in [0.5, 0.6) is 0 Å². The van der Waals surface area contributed by atoms with Crippen LogP contribution in [-0.4, -0.2) is 29.0 Å². The third-order valence-electron chi connectivity index (χ3n) is 4.97. The van der Waals surface area contributed by atoms with Crippen molar-refractivity contribution in [3.63, 3.8) is 0 Å². The molecule has 0 saturated heterocycles. The van der Waals surface area contributed by atoms with Gasteiger partial charge in [0.25, 0.3) is 17.5 Å². The van der Waals surface area contributed by atoms with Crippen molar-refractivity contribution in [1.29, 1.82) is 0 Å². The van der Waals surface area contributed by atoms with Crippen molar-refractivity contribution in [2.45, 2.75) is 26.8 Å². The summed E-state index contributed by atoms with van der Waals surface area (Å²) in [5.74, 6) is -0.136. The number of benzene rings is 2. The average Bonchev–Trinajstić information content (AvgIpc) is 3.25. The molecule has 2 aromatic carbocycles. The number of nitrogens with zero attached hydrogens (tertiary/aromatic N) is 2. The molecule has 10 heteroatoms. The van der Waals surface area contributed by atoms with E-state index in [9.17, 15) is 19.7 Å². The van der Waals surface area contributed by atoms with Gasteiger partial charge in [0.15, 0.2) is 0 Å². The molecule has 3 aromatic rings. The molecule has 1 aromatic heterocycles. The van der Waals surface area contributed by atoms with E-state index in [-0.39, 0.29) is 17.5 Å². The maximum Gasteiger partial charge on any atom is 0.270 e. The Morgan fingerprint density at radius 3 is 2.44 bits per heavy atom. The van der Waals surface area contributed by atoms with Crippen LogP contribution in [0.3, 0.4) is 0 Å².